The van der Waals surface area contributed by atoms with Crippen molar-refractivity contribution in [3.63, 3.8) is 0 Å². The standard InChI is InChI=1S/C23H34N2/c1-13(2)19-11-17(9-15(5)21(19)24)23(7,8)18-10-16(6)22(25)20(12-18)14(3)4/h9-14H,24-25H2,1-8H3. The first-order valence-electron chi connectivity index (χ1n) is 9.27. The van der Waals surface area contributed by atoms with E-state index in [1.54, 1.807) is 0 Å². The van der Waals surface area contributed by atoms with Crippen LogP contribution in [0.5, 0.6) is 0 Å². The van der Waals surface area contributed by atoms with E-state index in [1.807, 2.05) is 0 Å². The van der Waals surface area contributed by atoms with Crippen LogP contribution in [0.15, 0.2) is 24.3 Å². The molecule has 0 radical (unpaired) electrons. The zero-order chi connectivity index (χ0) is 19.1. The third-order valence-corrected chi connectivity index (χ3v) is 5.53. The maximum absolute atomic E-state index is 6.33. The fraction of sp³-hybridized carbons (Fsp3) is 0.478. The van der Waals surface area contributed by atoms with Crippen molar-refractivity contribution in [2.45, 2.75) is 72.6 Å². The second kappa shape index (κ2) is 6.74. The van der Waals surface area contributed by atoms with Crippen LogP contribution in [-0.2, 0) is 5.41 Å². The summed E-state index contributed by atoms with van der Waals surface area (Å²) < 4.78 is 0. The zero-order valence-electron chi connectivity index (χ0n) is 17.1. The molecule has 0 unspecified atom stereocenters. The molecule has 0 fully saturated rings. The molecule has 2 rings (SSSR count). The SMILES string of the molecule is Cc1cc(C(C)(C)c2cc(C)c(N)c(C(C)C)c2)cc(C(C)C)c1N. The van der Waals surface area contributed by atoms with Crippen LogP contribution in [0.25, 0.3) is 0 Å². The number of hydrogen-bond acceptors (Lipinski definition) is 2. The molecule has 2 aromatic carbocycles. The van der Waals surface area contributed by atoms with Gasteiger partial charge in [-0.2, -0.15) is 0 Å². The highest BCUT2D eigenvalue weighted by Gasteiger charge is 2.27. The van der Waals surface area contributed by atoms with Gasteiger partial charge >= 0.3 is 0 Å². The first-order valence-corrected chi connectivity index (χ1v) is 9.27. The van der Waals surface area contributed by atoms with Crippen molar-refractivity contribution in [1.29, 1.82) is 0 Å². The van der Waals surface area contributed by atoms with Crippen LogP contribution in [0.2, 0.25) is 0 Å². The van der Waals surface area contributed by atoms with Gasteiger partial charge in [-0.15, -0.1) is 0 Å². The van der Waals surface area contributed by atoms with Crippen molar-refractivity contribution < 1.29 is 0 Å². The van der Waals surface area contributed by atoms with Gasteiger partial charge in [0.15, 0.2) is 0 Å². The van der Waals surface area contributed by atoms with Crippen molar-refractivity contribution in [3.05, 3.63) is 57.6 Å². The van der Waals surface area contributed by atoms with Gasteiger partial charge < -0.3 is 11.5 Å². The largest absolute Gasteiger partial charge is 0.398 e. The monoisotopic (exact) mass is 338 g/mol. The van der Waals surface area contributed by atoms with Crippen molar-refractivity contribution in [2.24, 2.45) is 0 Å². The second-order valence-electron chi connectivity index (χ2n) is 8.53. The van der Waals surface area contributed by atoms with Gasteiger partial charge in [-0.1, -0.05) is 65.8 Å². The number of aryl methyl sites for hydroxylation is 2. The van der Waals surface area contributed by atoms with Gasteiger partial charge in [-0.3, -0.25) is 0 Å². The summed E-state index contributed by atoms with van der Waals surface area (Å²) in [5.74, 6) is 0.822. The number of benzene rings is 2. The van der Waals surface area contributed by atoms with Crippen LogP contribution < -0.4 is 11.5 Å². The Kier molecular flexibility index (Phi) is 5.22. The predicted octanol–water partition coefficient (Wildman–Crippen LogP) is 6.04. The molecule has 0 spiro atoms. The molecule has 0 bridgehead atoms. The molecule has 2 aromatic rings. The summed E-state index contributed by atoms with van der Waals surface area (Å²) in [5, 5.41) is 0. The Morgan fingerprint density at radius 3 is 1.28 bits per heavy atom. The summed E-state index contributed by atoms with van der Waals surface area (Å²) >= 11 is 0. The Bertz CT molecular complexity index is 718. The minimum Gasteiger partial charge on any atom is -0.398 e. The quantitative estimate of drug-likeness (QED) is 0.668. The Labute approximate surface area is 153 Å². The highest BCUT2D eigenvalue weighted by atomic mass is 14.6. The van der Waals surface area contributed by atoms with Crippen molar-refractivity contribution in [2.75, 3.05) is 11.5 Å². The molecule has 4 N–H and O–H groups in total. The molecule has 0 amide bonds. The number of nitrogens with two attached hydrogens (primary N) is 2. The van der Waals surface area contributed by atoms with Gasteiger partial charge in [0.2, 0.25) is 0 Å². The Morgan fingerprint density at radius 2 is 1.00 bits per heavy atom. The lowest BCUT2D eigenvalue weighted by molar-refractivity contribution is 0.635. The summed E-state index contributed by atoms with van der Waals surface area (Å²) in [6.45, 7) is 17.6. The molecule has 2 heteroatoms. The molecule has 2 nitrogen and oxygen atoms in total. The van der Waals surface area contributed by atoms with Crippen LogP contribution in [0.4, 0.5) is 11.4 Å². The topological polar surface area (TPSA) is 52.0 Å². The maximum Gasteiger partial charge on any atom is 0.0379 e. The van der Waals surface area contributed by atoms with Crippen LogP contribution in [0.3, 0.4) is 0 Å². The fourth-order valence-electron chi connectivity index (χ4n) is 3.49. The lowest BCUT2D eigenvalue weighted by Gasteiger charge is -2.30. The summed E-state index contributed by atoms with van der Waals surface area (Å²) in [6.07, 6.45) is 0. The lowest BCUT2D eigenvalue weighted by Crippen LogP contribution is -2.21. The summed E-state index contributed by atoms with van der Waals surface area (Å²) in [6, 6.07) is 9.05. The molecular weight excluding hydrogens is 304 g/mol. The number of hydrogen-bond donors (Lipinski definition) is 2. The van der Waals surface area contributed by atoms with E-state index < -0.39 is 0 Å². The first-order chi connectivity index (χ1) is 11.5. The van der Waals surface area contributed by atoms with E-state index in [0.29, 0.717) is 11.8 Å². The van der Waals surface area contributed by atoms with E-state index in [9.17, 15) is 0 Å². The Morgan fingerprint density at radius 1 is 0.680 bits per heavy atom. The highest BCUT2D eigenvalue weighted by molar-refractivity contribution is 5.61. The van der Waals surface area contributed by atoms with Crippen molar-refractivity contribution in [1.82, 2.24) is 0 Å². The van der Waals surface area contributed by atoms with Crippen molar-refractivity contribution in [3.8, 4) is 0 Å². The summed E-state index contributed by atoms with van der Waals surface area (Å²) in [5.41, 5.74) is 21.8. The van der Waals surface area contributed by atoms with E-state index in [4.69, 9.17) is 11.5 Å². The molecule has 0 aliphatic rings. The Balaban J connectivity index is 2.67. The molecule has 0 aromatic heterocycles. The molecule has 0 atom stereocenters. The third kappa shape index (κ3) is 3.53. The van der Waals surface area contributed by atoms with Gasteiger partial charge in [0.1, 0.15) is 0 Å². The molecule has 0 aliphatic heterocycles. The molecule has 0 heterocycles. The number of rotatable bonds is 4. The van der Waals surface area contributed by atoms with E-state index in [-0.39, 0.29) is 5.41 Å². The average molecular weight is 339 g/mol. The average Bonchev–Trinajstić information content (AvgIpc) is 2.51. The van der Waals surface area contributed by atoms with E-state index >= 15 is 0 Å². The van der Waals surface area contributed by atoms with Gasteiger partial charge in [0.05, 0.1) is 0 Å². The minimum absolute atomic E-state index is 0.107. The van der Waals surface area contributed by atoms with Gasteiger partial charge in [-0.05, 0) is 59.1 Å². The van der Waals surface area contributed by atoms with Gasteiger partial charge in [0.25, 0.3) is 0 Å². The molecule has 25 heavy (non-hydrogen) atoms. The van der Waals surface area contributed by atoms with Crippen LogP contribution in [0.1, 0.15) is 86.8 Å². The molecule has 0 aliphatic carbocycles. The summed E-state index contributed by atoms with van der Waals surface area (Å²) in [4.78, 5) is 0. The zero-order valence-corrected chi connectivity index (χ0v) is 17.1. The van der Waals surface area contributed by atoms with E-state index in [2.05, 4.69) is 79.7 Å². The van der Waals surface area contributed by atoms with Crippen molar-refractivity contribution >= 4 is 11.4 Å². The van der Waals surface area contributed by atoms with Crippen LogP contribution >= 0.6 is 0 Å². The summed E-state index contributed by atoms with van der Waals surface area (Å²) in [7, 11) is 0. The highest BCUT2D eigenvalue weighted by Crippen LogP contribution is 2.39. The predicted molar refractivity (Wildman–Crippen MR) is 111 cm³/mol. The third-order valence-electron chi connectivity index (χ3n) is 5.53. The molecule has 0 saturated heterocycles. The molecule has 136 valence electrons. The van der Waals surface area contributed by atoms with Gasteiger partial charge in [0, 0.05) is 16.8 Å². The van der Waals surface area contributed by atoms with Gasteiger partial charge in [-0.25, -0.2) is 0 Å². The molecule has 0 saturated carbocycles. The number of anilines is 2. The van der Waals surface area contributed by atoms with Crippen LogP contribution in [-0.4, -0.2) is 0 Å². The first kappa shape index (κ1) is 19.4. The van der Waals surface area contributed by atoms with E-state index in [1.165, 1.54) is 22.3 Å². The van der Waals surface area contributed by atoms with Crippen LogP contribution in [0, 0.1) is 13.8 Å². The lowest BCUT2D eigenvalue weighted by atomic mass is 9.74. The maximum atomic E-state index is 6.33. The Hall–Kier alpha value is -1.96. The second-order valence-corrected chi connectivity index (χ2v) is 8.53. The normalized spacial score (nSPS) is 12.2. The van der Waals surface area contributed by atoms with E-state index in [0.717, 1.165) is 22.5 Å². The molecular formula is C23H34N2. The minimum atomic E-state index is -0.107. The fourth-order valence-corrected chi connectivity index (χ4v) is 3.49. The number of nitrogen functional groups attached to an aromatic ring is 2. The smallest absolute Gasteiger partial charge is 0.0379 e.